The molecule has 134 valence electrons. The van der Waals surface area contributed by atoms with Gasteiger partial charge in [-0.1, -0.05) is 12.1 Å². The highest BCUT2D eigenvalue weighted by molar-refractivity contribution is 5.76. The summed E-state index contributed by atoms with van der Waals surface area (Å²) in [5.41, 5.74) is 2.07. The molecular formula is C19H27N5O. The van der Waals surface area contributed by atoms with Crippen LogP contribution in [0.2, 0.25) is 0 Å². The number of hydrogen-bond donors (Lipinski definition) is 2. The van der Waals surface area contributed by atoms with Crippen LogP contribution < -0.4 is 5.32 Å². The number of aryl methyl sites for hydroxylation is 1. The number of fused-ring (bicyclic) bond motifs is 1. The summed E-state index contributed by atoms with van der Waals surface area (Å²) >= 11 is 0. The Morgan fingerprint density at radius 1 is 1.20 bits per heavy atom. The third-order valence-corrected chi connectivity index (χ3v) is 5.46. The fourth-order valence-corrected chi connectivity index (χ4v) is 3.98. The Morgan fingerprint density at radius 2 is 2.04 bits per heavy atom. The highest BCUT2D eigenvalue weighted by atomic mass is 16.2. The lowest BCUT2D eigenvalue weighted by molar-refractivity contribution is -0.133. The maximum atomic E-state index is 12.5. The van der Waals surface area contributed by atoms with E-state index in [1.54, 1.807) is 0 Å². The summed E-state index contributed by atoms with van der Waals surface area (Å²) in [6, 6.07) is 8.73. The molecule has 1 aromatic heterocycles. The number of nitrogens with one attached hydrogen (secondary N) is 2. The van der Waals surface area contributed by atoms with Crippen molar-refractivity contribution in [3.8, 4) is 0 Å². The summed E-state index contributed by atoms with van der Waals surface area (Å²) in [6.45, 7) is 6.01. The lowest BCUT2D eigenvalue weighted by Crippen LogP contribution is -2.52. The average Bonchev–Trinajstić information content (AvgIpc) is 3.31. The quantitative estimate of drug-likeness (QED) is 0.863. The maximum Gasteiger partial charge on any atom is 0.222 e. The fourth-order valence-electron chi connectivity index (χ4n) is 3.98. The number of rotatable bonds is 5. The van der Waals surface area contributed by atoms with Crippen molar-refractivity contribution in [3.05, 3.63) is 30.1 Å². The number of benzene rings is 1. The van der Waals surface area contributed by atoms with Crippen LogP contribution in [0.1, 0.15) is 25.1 Å². The maximum absolute atomic E-state index is 12.5. The zero-order valence-electron chi connectivity index (χ0n) is 14.7. The number of aromatic amines is 1. The van der Waals surface area contributed by atoms with Gasteiger partial charge in [0.2, 0.25) is 5.91 Å². The Bertz CT molecular complexity index is 680. The Balaban J connectivity index is 1.21. The Morgan fingerprint density at radius 3 is 2.80 bits per heavy atom. The minimum Gasteiger partial charge on any atom is -0.342 e. The van der Waals surface area contributed by atoms with E-state index in [4.69, 9.17) is 0 Å². The number of hydrogen-bond acceptors (Lipinski definition) is 4. The van der Waals surface area contributed by atoms with Gasteiger partial charge in [-0.3, -0.25) is 9.69 Å². The highest BCUT2D eigenvalue weighted by Gasteiger charge is 2.27. The molecule has 0 spiro atoms. The van der Waals surface area contributed by atoms with Crippen molar-refractivity contribution < 1.29 is 4.79 Å². The first-order chi connectivity index (χ1) is 12.3. The molecule has 0 aliphatic carbocycles. The Labute approximate surface area is 148 Å². The number of nitrogens with zero attached hydrogens (tertiary/aromatic N) is 3. The van der Waals surface area contributed by atoms with Gasteiger partial charge in [-0.05, 0) is 31.5 Å². The first kappa shape index (κ1) is 16.5. The third kappa shape index (κ3) is 3.85. The number of imidazole rings is 1. The van der Waals surface area contributed by atoms with Gasteiger partial charge in [0.15, 0.2) is 0 Å². The summed E-state index contributed by atoms with van der Waals surface area (Å²) in [5, 5.41) is 3.43. The van der Waals surface area contributed by atoms with Crippen LogP contribution in [0, 0.1) is 0 Å². The predicted octanol–water partition coefficient (Wildman–Crippen LogP) is 1.39. The second-order valence-corrected chi connectivity index (χ2v) is 7.12. The van der Waals surface area contributed by atoms with Crippen LogP contribution >= 0.6 is 0 Å². The van der Waals surface area contributed by atoms with Gasteiger partial charge in [0, 0.05) is 51.6 Å². The van der Waals surface area contributed by atoms with Crippen molar-refractivity contribution in [2.75, 3.05) is 39.3 Å². The molecule has 0 bridgehead atoms. The molecule has 25 heavy (non-hydrogen) atoms. The van der Waals surface area contributed by atoms with Crippen LogP contribution in [0.5, 0.6) is 0 Å². The lowest BCUT2D eigenvalue weighted by Gasteiger charge is -2.37. The molecule has 6 heteroatoms. The minimum absolute atomic E-state index is 0.292. The van der Waals surface area contributed by atoms with E-state index >= 15 is 0 Å². The molecule has 4 rings (SSSR count). The van der Waals surface area contributed by atoms with Crippen LogP contribution in [0.4, 0.5) is 0 Å². The number of para-hydroxylation sites is 2. The van der Waals surface area contributed by atoms with E-state index in [0.717, 1.165) is 69.0 Å². The SMILES string of the molecule is O=C(CCCc1nc2ccccc2[nH]1)N1CCN(C2CCNC2)CC1. The van der Waals surface area contributed by atoms with E-state index in [9.17, 15) is 4.79 Å². The van der Waals surface area contributed by atoms with E-state index in [2.05, 4.69) is 20.2 Å². The minimum atomic E-state index is 0.292. The molecule has 1 aromatic carbocycles. The molecule has 0 saturated carbocycles. The van der Waals surface area contributed by atoms with Crippen LogP contribution in [0.3, 0.4) is 0 Å². The fraction of sp³-hybridized carbons (Fsp3) is 0.579. The lowest BCUT2D eigenvalue weighted by atomic mass is 10.1. The number of amides is 1. The Hall–Kier alpha value is -1.92. The van der Waals surface area contributed by atoms with Crippen molar-refractivity contribution in [1.29, 1.82) is 0 Å². The molecule has 1 unspecified atom stereocenters. The molecule has 1 amide bonds. The van der Waals surface area contributed by atoms with Crippen LogP contribution in [0.25, 0.3) is 11.0 Å². The van der Waals surface area contributed by atoms with Crippen molar-refractivity contribution in [2.24, 2.45) is 0 Å². The molecule has 2 aliphatic rings. The molecule has 6 nitrogen and oxygen atoms in total. The second-order valence-electron chi connectivity index (χ2n) is 7.12. The zero-order valence-corrected chi connectivity index (χ0v) is 14.7. The van der Waals surface area contributed by atoms with Gasteiger partial charge >= 0.3 is 0 Å². The summed E-state index contributed by atoms with van der Waals surface area (Å²) in [6.07, 6.45) is 3.53. The average molecular weight is 341 g/mol. The third-order valence-electron chi connectivity index (χ3n) is 5.46. The van der Waals surface area contributed by atoms with Crippen molar-refractivity contribution in [3.63, 3.8) is 0 Å². The van der Waals surface area contributed by atoms with Gasteiger partial charge in [0.05, 0.1) is 11.0 Å². The smallest absolute Gasteiger partial charge is 0.222 e. The summed E-state index contributed by atoms with van der Waals surface area (Å²) in [7, 11) is 0. The van der Waals surface area contributed by atoms with Crippen molar-refractivity contribution in [2.45, 2.75) is 31.7 Å². The summed E-state index contributed by atoms with van der Waals surface area (Å²) in [4.78, 5) is 25.0. The first-order valence-corrected chi connectivity index (χ1v) is 9.46. The van der Waals surface area contributed by atoms with Gasteiger partial charge in [-0.15, -0.1) is 0 Å². The highest BCUT2D eigenvalue weighted by Crippen LogP contribution is 2.14. The molecule has 1 atom stereocenters. The van der Waals surface area contributed by atoms with Crippen LogP contribution in [-0.2, 0) is 11.2 Å². The van der Waals surface area contributed by atoms with Gasteiger partial charge < -0.3 is 15.2 Å². The number of carbonyl (C=O) groups is 1. The van der Waals surface area contributed by atoms with Gasteiger partial charge in [0.25, 0.3) is 0 Å². The number of H-pyrrole nitrogens is 1. The van der Waals surface area contributed by atoms with E-state index < -0.39 is 0 Å². The summed E-state index contributed by atoms with van der Waals surface area (Å²) < 4.78 is 0. The van der Waals surface area contributed by atoms with Gasteiger partial charge in [-0.2, -0.15) is 0 Å². The molecule has 2 aliphatic heterocycles. The molecule has 3 heterocycles. The van der Waals surface area contributed by atoms with Crippen molar-refractivity contribution in [1.82, 2.24) is 25.1 Å². The monoisotopic (exact) mass is 341 g/mol. The largest absolute Gasteiger partial charge is 0.342 e. The normalized spacial score (nSPS) is 21.9. The van der Waals surface area contributed by atoms with Crippen LogP contribution in [-0.4, -0.2) is 71.0 Å². The van der Waals surface area contributed by atoms with Crippen LogP contribution in [0.15, 0.2) is 24.3 Å². The van der Waals surface area contributed by atoms with E-state index in [0.29, 0.717) is 18.4 Å². The summed E-state index contributed by atoms with van der Waals surface area (Å²) in [5.74, 6) is 1.27. The molecule has 2 N–H and O–H groups in total. The van der Waals surface area contributed by atoms with E-state index in [-0.39, 0.29) is 0 Å². The number of aromatic nitrogens is 2. The number of carbonyl (C=O) groups excluding carboxylic acids is 1. The molecule has 0 radical (unpaired) electrons. The molecule has 2 fully saturated rings. The van der Waals surface area contributed by atoms with E-state index in [1.165, 1.54) is 6.42 Å². The predicted molar refractivity (Wildman–Crippen MR) is 98.5 cm³/mol. The molecule has 2 aromatic rings. The van der Waals surface area contributed by atoms with E-state index in [1.807, 2.05) is 29.2 Å². The second kappa shape index (κ2) is 7.54. The Kier molecular flexibility index (Phi) is 4.99. The zero-order chi connectivity index (χ0) is 17.1. The standard InChI is InChI=1S/C19H27N5O/c25-19(24-12-10-23(11-13-24)15-8-9-20-14-15)7-3-6-18-21-16-4-1-2-5-17(16)22-18/h1-2,4-5,15,20H,3,6-14H2,(H,21,22). The topological polar surface area (TPSA) is 64.3 Å². The van der Waals surface area contributed by atoms with Gasteiger partial charge in [0.1, 0.15) is 5.82 Å². The molecule has 2 saturated heterocycles. The molecular weight excluding hydrogens is 314 g/mol. The van der Waals surface area contributed by atoms with Gasteiger partial charge in [-0.25, -0.2) is 4.98 Å². The first-order valence-electron chi connectivity index (χ1n) is 9.46. The number of piperazine rings is 1. The van der Waals surface area contributed by atoms with Crippen molar-refractivity contribution >= 4 is 16.9 Å².